The number of rotatable bonds is 7. The number of benzene rings is 1. The molecule has 2 atom stereocenters. The summed E-state index contributed by atoms with van der Waals surface area (Å²) in [6, 6.07) is 6.02. The number of thioether (sulfide) groups is 1. The fraction of sp³-hybridized carbons (Fsp3) is 0.438. The van der Waals surface area contributed by atoms with E-state index < -0.39 is 6.10 Å². The minimum atomic E-state index is -0.479. The Morgan fingerprint density at radius 1 is 1.33 bits per heavy atom. The van der Waals surface area contributed by atoms with Crippen LogP contribution in [0, 0.1) is 5.82 Å². The first-order valence-corrected chi connectivity index (χ1v) is 8.62. The average Bonchev–Trinajstić information content (AvgIpc) is 3.24. The van der Waals surface area contributed by atoms with E-state index in [1.807, 2.05) is 0 Å². The molecule has 128 valence electrons. The molecular formula is C16H18FN3O3S. The zero-order chi connectivity index (χ0) is 17.1. The van der Waals surface area contributed by atoms with E-state index in [-0.39, 0.29) is 17.0 Å². The third-order valence-electron chi connectivity index (χ3n) is 3.47. The number of ether oxygens (including phenoxy) is 1. The lowest BCUT2D eigenvalue weighted by molar-refractivity contribution is -0.120. The molecule has 0 unspecified atom stereocenters. The highest BCUT2D eigenvalue weighted by Gasteiger charge is 2.27. The minimum absolute atomic E-state index is 0.0298. The van der Waals surface area contributed by atoms with Gasteiger partial charge in [0.25, 0.3) is 11.1 Å². The summed E-state index contributed by atoms with van der Waals surface area (Å²) in [6.07, 6.45) is 1.62. The Bertz CT molecular complexity index is 703. The number of nitrogens with one attached hydrogen (secondary N) is 1. The van der Waals surface area contributed by atoms with Gasteiger partial charge in [-0.1, -0.05) is 11.8 Å². The number of hydrogen-bond acceptors (Lipinski definition) is 6. The van der Waals surface area contributed by atoms with Crippen LogP contribution in [0.25, 0.3) is 0 Å². The first-order chi connectivity index (χ1) is 11.5. The van der Waals surface area contributed by atoms with Gasteiger partial charge in [0.05, 0.1) is 5.25 Å². The zero-order valence-corrected chi connectivity index (χ0v) is 14.2. The molecule has 0 radical (unpaired) electrons. The van der Waals surface area contributed by atoms with Crippen LogP contribution in [-0.4, -0.2) is 27.4 Å². The second kappa shape index (κ2) is 7.21. The van der Waals surface area contributed by atoms with Crippen LogP contribution in [-0.2, 0) is 4.79 Å². The molecule has 1 aromatic carbocycles. The monoisotopic (exact) mass is 351 g/mol. The van der Waals surface area contributed by atoms with Crippen molar-refractivity contribution in [2.24, 2.45) is 0 Å². The van der Waals surface area contributed by atoms with E-state index in [0.29, 0.717) is 22.9 Å². The lowest BCUT2D eigenvalue weighted by Crippen LogP contribution is -2.32. The number of hydrogen-bond donors (Lipinski definition) is 1. The predicted octanol–water partition coefficient (Wildman–Crippen LogP) is 3.11. The molecule has 1 aromatic heterocycles. The van der Waals surface area contributed by atoms with Crippen molar-refractivity contribution in [3.05, 3.63) is 36.0 Å². The van der Waals surface area contributed by atoms with Crippen molar-refractivity contribution in [3.63, 3.8) is 0 Å². The molecule has 0 bridgehead atoms. The van der Waals surface area contributed by atoms with Gasteiger partial charge in [-0.3, -0.25) is 4.79 Å². The van der Waals surface area contributed by atoms with E-state index >= 15 is 0 Å². The Kier molecular flexibility index (Phi) is 5.03. The smallest absolute Gasteiger partial charge is 0.277 e. The first kappa shape index (κ1) is 16.8. The van der Waals surface area contributed by atoms with Crippen molar-refractivity contribution < 1.29 is 18.3 Å². The van der Waals surface area contributed by atoms with Crippen molar-refractivity contribution in [1.82, 2.24) is 15.5 Å². The van der Waals surface area contributed by atoms with Crippen molar-refractivity contribution in [2.75, 3.05) is 0 Å². The van der Waals surface area contributed by atoms with E-state index in [1.165, 1.54) is 36.0 Å². The number of nitrogens with zero attached hydrogens (tertiary/aromatic N) is 2. The zero-order valence-electron chi connectivity index (χ0n) is 13.4. The molecule has 0 aliphatic heterocycles. The van der Waals surface area contributed by atoms with Crippen molar-refractivity contribution >= 4 is 17.7 Å². The molecule has 8 heteroatoms. The number of aromatic nitrogens is 2. The summed E-state index contributed by atoms with van der Waals surface area (Å²) < 4.78 is 24.1. The van der Waals surface area contributed by atoms with Crippen LogP contribution in [0.4, 0.5) is 4.39 Å². The molecule has 0 spiro atoms. The maximum atomic E-state index is 12.9. The molecule has 1 amide bonds. The molecule has 1 fully saturated rings. The van der Waals surface area contributed by atoms with Crippen LogP contribution < -0.4 is 10.1 Å². The molecule has 1 heterocycles. The van der Waals surface area contributed by atoms with E-state index in [1.54, 1.807) is 13.8 Å². The summed E-state index contributed by atoms with van der Waals surface area (Å²) in [5.41, 5.74) is 0. The molecule has 0 saturated heterocycles. The summed E-state index contributed by atoms with van der Waals surface area (Å²) in [5, 5.41) is 10.8. The van der Waals surface area contributed by atoms with Crippen LogP contribution >= 0.6 is 11.8 Å². The largest absolute Gasteiger partial charge is 0.481 e. The standard InChI is InChI=1S/C16H18FN3O3S/c1-9(22-13-7-3-11(17)4-8-13)15-19-20-16(23-15)24-10(2)14(21)18-12-5-6-12/h3-4,7-10,12H,5-6H2,1-2H3,(H,18,21)/t9-,10+/m1/s1. The molecular weight excluding hydrogens is 333 g/mol. The third-order valence-corrected chi connectivity index (χ3v) is 4.40. The maximum Gasteiger partial charge on any atom is 0.277 e. The van der Waals surface area contributed by atoms with Gasteiger partial charge in [-0.25, -0.2) is 4.39 Å². The summed E-state index contributed by atoms with van der Waals surface area (Å²) in [7, 11) is 0. The number of carbonyl (C=O) groups is 1. The van der Waals surface area contributed by atoms with Gasteiger partial charge in [0.1, 0.15) is 11.6 Å². The second-order valence-corrected chi connectivity index (χ2v) is 6.96. The second-order valence-electron chi connectivity index (χ2n) is 5.66. The lowest BCUT2D eigenvalue weighted by Gasteiger charge is -2.11. The van der Waals surface area contributed by atoms with Gasteiger partial charge in [0, 0.05) is 6.04 Å². The van der Waals surface area contributed by atoms with Crippen LogP contribution in [0.1, 0.15) is 38.7 Å². The number of halogens is 1. The van der Waals surface area contributed by atoms with Crippen molar-refractivity contribution in [1.29, 1.82) is 0 Å². The Hall–Kier alpha value is -2.09. The van der Waals surface area contributed by atoms with Gasteiger partial charge < -0.3 is 14.5 Å². The average molecular weight is 351 g/mol. The SMILES string of the molecule is C[C@H](Sc1nnc([C@@H](C)Oc2ccc(F)cc2)o1)C(=O)NC1CC1. The molecule has 2 aromatic rings. The normalized spacial score (nSPS) is 16.5. The molecule has 1 aliphatic carbocycles. The number of carbonyl (C=O) groups excluding carboxylic acids is 1. The van der Waals surface area contributed by atoms with E-state index in [9.17, 15) is 9.18 Å². The highest BCUT2D eigenvalue weighted by molar-refractivity contribution is 8.00. The molecule has 1 saturated carbocycles. The molecule has 1 aliphatic rings. The topological polar surface area (TPSA) is 77.2 Å². The predicted molar refractivity (Wildman–Crippen MR) is 86.2 cm³/mol. The molecule has 1 N–H and O–H groups in total. The van der Waals surface area contributed by atoms with Crippen LogP contribution in [0.2, 0.25) is 0 Å². The van der Waals surface area contributed by atoms with Crippen molar-refractivity contribution in [2.45, 2.75) is 49.3 Å². The van der Waals surface area contributed by atoms with Gasteiger partial charge in [-0.05, 0) is 51.0 Å². The van der Waals surface area contributed by atoms with Crippen LogP contribution in [0.15, 0.2) is 33.9 Å². The molecule has 24 heavy (non-hydrogen) atoms. The summed E-state index contributed by atoms with van der Waals surface area (Å²) in [5.74, 6) is 0.452. The van der Waals surface area contributed by atoms with Crippen molar-refractivity contribution in [3.8, 4) is 5.75 Å². The van der Waals surface area contributed by atoms with Gasteiger partial charge >= 0.3 is 0 Å². The van der Waals surface area contributed by atoms with Gasteiger partial charge in [-0.2, -0.15) is 0 Å². The van der Waals surface area contributed by atoms with E-state index in [0.717, 1.165) is 12.8 Å². The molecule has 3 rings (SSSR count). The minimum Gasteiger partial charge on any atom is -0.481 e. The quantitative estimate of drug-likeness (QED) is 0.773. The Morgan fingerprint density at radius 2 is 2.04 bits per heavy atom. The van der Waals surface area contributed by atoms with Crippen LogP contribution in [0.5, 0.6) is 5.75 Å². The first-order valence-electron chi connectivity index (χ1n) is 7.74. The van der Waals surface area contributed by atoms with Gasteiger partial charge in [-0.15, -0.1) is 10.2 Å². The highest BCUT2D eigenvalue weighted by Crippen LogP contribution is 2.27. The summed E-state index contributed by atoms with van der Waals surface area (Å²) in [4.78, 5) is 11.9. The van der Waals surface area contributed by atoms with Crippen LogP contribution in [0.3, 0.4) is 0 Å². The fourth-order valence-electron chi connectivity index (χ4n) is 1.95. The molecule has 6 nitrogen and oxygen atoms in total. The van der Waals surface area contributed by atoms with E-state index in [4.69, 9.17) is 9.15 Å². The van der Waals surface area contributed by atoms with E-state index in [2.05, 4.69) is 15.5 Å². The Balaban J connectivity index is 1.55. The summed E-state index contributed by atoms with van der Waals surface area (Å²) in [6.45, 7) is 3.55. The summed E-state index contributed by atoms with van der Waals surface area (Å²) >= 11 is 1.21. The van der Waals surface area contributed by atoms with Gasteiger partial charge in [0.15, 0.2) is 6.10 Å². The number of amides is 1. The van der Waals surface area contributed by atoms with Gasteiger partial charge in [0.2, 0.25) is 5.91 Å². The third kappa shape index (κ3) is 4.47. The lowest BCUT2D eigenvalue weighted by atomic mass is 10.3. The fourth-order valence-corrected chi connectivity index (χ4v) is 2.65. The highest BCUT2D eigenvalue weighted by atomic mass is 32.2. The maximum absolute atomic E-state index is 12.9. The Labute approximate surface area is 143 Å². The Morgan fingerprint density at radius 3 is 2.71 bits per heavy atom.